The van der Waals surface area contributed by atoms with E-state index in [0.717, 1.165) is 0 Å². The lowest BCUT2D eigenvalue weighted by Crippen LogP contribution is -2.29. The Morgan fingerprint density at radius 3 is 2.62 bits per heavy atom. The highest BCUT2D eigenvalue weighted by molar-refractivity contribution is 6.20. The standard InChI is InChI=1S/C34H27ClF2N4O7/c1-15-27(33(45)46-3)29-28-18(13-35)14-41(23(28)12-24(42)30(29)38-15)32(44)26-11-17-8-19(4-7-25(17)47-26)39-31(43)22-10-16-9-20(48-34(2,36)37)5-6-21(16)40-22/h4-12,18,38,40,42H,13-14H2,1-3H3,(H,39,43)/t18-/m1/s1. The number of aromatic nitrogens is 2. The van der Waals surface area contributed by atoms with E-state index in [1.54, 1.807) is 37.3 Å². The molecule has 0 bridgehead atoms. The van der Waals surface area contributed by atoms with Gasteiger partial charge in [-0.3, -0.25) is 9.59 Å². The monoisotopic (exact) mass is 676 g/mol. The van der Waals surface area contributed by atoms with Crippen LogP contribution >= 0.6 is 11.6 Å². The number of nitrogens with zero attached hydrogens (tertiary/aromatic N) is 1. The number of esters is 1. The Hall–Kier alpha value is -5.56. The van der Waals surface area contributed by atoms with Crippen LogP contribution in [0.15, 0.2) is 59.0 Å². The molecule has 1 aliphatic rings. The van der Waals surface area contributed by atoms with Gasteiger partial charge in [-0.05, 0) is 61.0 Å². The number of nitrogens with one attached hydrogen (secondary N) is 3. The molecular weight excluding hydrogens is 650 g/mol. The van der Waals surface area contributed by atoms with Gasteiger partial charge in [-0.25, -0.2) is 4.79 Å². The number of hydrogen-bond donors (Lipinski definition) is 4. The normalized spacial score (nSPS) is 14.5. The first-order valence-corrected chi connectivity index (χ1v) is 15.3. The largest absolute Gasteiger partial charge is 0.506 e. The van der Waals surface area contributed by atoms with Crippen LogP contribution in [0.1, 0.15) is 55.5 Å². The maximum atomic E-state index is 13.9. The third-order valence-corrected chi connectivity index (χ3v) is 8.68. The Labute approximate surface area is 275 Å². The van der Waals surface area contributed by atoms with Gasteiger partial charge in [-0.2, -0.15) is 8.78 Å². The molecule has 1 aliphatic heterocycles. The third kappa shape index (κ3) is 5.25. The van der Waals surface area contributed by atoms with E-state index >= 15 is 0 Å². The Morgan fingerprint density at radius 2 is 1.90 bits per heavy atom. The summed E-state index contributed by atoms with van der Waals surface area (Å²) in [6.07, 6.45) is -3.35. The second kappa shape index (κ2) is 11.3. The molecular formula is C34H27ClF2N4O7. The van der Waals surface area contributed by atoms with Crippen molar-refractivity contribution in [2.24, 2.45) is 0 Å². The molecule has 0 aliphatic carbocycles. The van der Waals surface area contributed by atoms with E-state index in [9.17, 15) is 28.3 Å². The fraction of sp³-hybridized carbons (Fsp3) is 0.206. The van der Waals surface area contributed by atoms with Gasteiger partial charge in [-0.15, -0.1) is 11.6 Å². The number of anilines is 2. The molecule has 3 aromatic carbocycles. The second-order valence-electron chi connectivity index (χ2n) is 11.6. The molecule has 48 heavy (non-hydrogen) atoms. The maximum absolute atomic E-state index is 13.9. The molecule has 14 heteroatoms. The lowest BCUT2D eigenvalue weighted by molar-refractivity contribution is -0.158. The van der Waals surface area contributed by atoms with Crippen LogP contribution in [0.3, 0.4) is 0 Å². The van der Waals surface area contributed by atoms with E-state index in [1.165, 1.54) is 36.3 Å². The third-order valence-electron chi connectivity index (χ3n) is 8.30. The number of aromatic amines is 2. The van der Waals surface area contributed by atoms with Crippen molar-refractivity contribution in [1.82, 2.24) is 9.97 Å². The van der Waals surface area contributed by atoms with Gasteiger partial charge in [0.15, 0.2) is 5.76 Å². The van der Waals surface area contributed by atoms with Crippen molar-refractivity contribution >= 4 is 73.5 Å². The Balaban J connectivity index is 1.16. The zero-order valence-electron chi connectivity index (χ0n) is 25.7. The number of amides is 2. The van der Waals surface area contributed by atoms with Crippen LogP contribution in [-0.2, 0) is 4.74 Å². The lowest BCUT2D eigenvalue weighted by atomic mass is 9.95. The number of benzene rings is 3. The summed E-state index contributed by atoms with van der Waals surface area (Å²) < 4.78 is 42.1. The highest BCUT2D eigenvalue weighted by Gasteiger charge is 2.38. The number of aryl methyl sites for hydroxylation is 1. The van der Waals surface area contributed by atoms with E-state index in [1.807, 2.05) is 0 Å². The summed E-state index contributed by atoms with van der Waals surface area (Å²) in [4.78, 5) is 47.1. The number of halogens is 3. The number of rotatable bonds is 7. The lowest BCUT2D eigenvalue weighted by Gasteiger charge is -2.16. The fourth-order valence-corrected chi connectivity index (χ4v) is 6.53. The number of aromatic hydroxyl groups is 1. The molecule has 3 aromatic heterocycles. The number of H-pyrrole nitrogens is 2. The van der Waals surface area contributed by atoms with Crippen molar-refractivity contribution in [1.29, 1.82) is 0 Å². The quantitative estimate of drug-likeness (QED) is 0.101. The summed E-state index contributed by atoms with van der Waals surface area (Å²) in [7, 11) is 1.27. The number of hydrogen-bond acceptors (Lipinski definition) is 7. The van der Waals surface area contributed by atoms with E-state index in [-0.39, 0.29) is 46.9 Å². The summed E-state index contributed by atoms with van der Waals surface area (Å²) in [6.45, 7) is 2.51. The smallest absolute Gasteiger partial charge is 0.394 e. The molecule has 11 nitrogen and oxygen atoms in total. The van der Waals surface area contributed by atoms with Crippen LogP contribution in [0.25, 0.3) is 32.8 Å². The second-order valence-corrected chi connectivity index (χ2v) is 11.9. The molecule has 0 unspecified atom stereocenters. The maximum Gasteiger partial charge on any atom is 0.394 e. The molecule has 0 saturated carbocycles. The molecule has 0 radical (unpaired) electrons. The number of phenolic OH excluding ortho intramolecular Hbond substituents is 1. The molecule has 2 amide bonds. The minimum absolute atomic E-state index is 0.0129. The topological polar surface area (TPSA) is 150 Å². The van der Waals surface area contributed by atoms with Crippen molar-refractivity contribution in [2.45, 2.75) is 25.9 Å². The zero-order valence-corrected chi connectivity index (χ0v) is 26.4. The minimum Gasteiger partial charge on any atom is -0.506 e. The average Bonchev–Trinajstić information content (AvgIpc) is 3.81. The molecule has 7 rings (SSSR count). The van der Waals surface area contributed by atoms with Gasteiger partial charge in [0, 0.05) is 64.4 Å². The van der Waals surface area contributed by atoms with E-state index in [2.05, 4.69) is 20.0 Å². The number of ether oxygens (including phenoxy) is 2. The molecule has 1 atom stereocenters. The van der Waals surface area contributed by atoms with Gasteiger partial charge in [0.05, 0.1) is 23.9 Å². The summed E-state index contributed by atoms with van der Waals surface area (Å²) >= 11 is 6.36. The van der Waals surface area contributed by atoms with Gasteiger partial charge in [0.1, 0.15) is 22.8 Å². The molecule has 246 valence electrons. The number of methoxy groups -OCH3 is 1. The van der Waals surface area contributed by atoms with Crippen LogP contribution in [0.4, 0.5) is 20.2 Å². The van der Waals surface area contributed by atoms with Crippen molar-refractivity contribution in [2.75, 3.05) is 29.8 Å². The number of carbonyl (C=O) groups excluding carboxylic acids is 3. The molecule has 4 N–H and O–H groups in total. The average molecular weight is 677 g/mol. The predicted molar refractivity (Wildman–Crippen MR) is 175 cm³/mol. The van der Waals surface area contributed by atoms with Gasteiger partial charge in [0.2, 0.25) is 0 Å². The minimum atomic E-state index is -3.35. The molecule has 4 heterocycles. The van der Waals surface area contributed by atoms with Crippen LogP contribution in [0.5, 0.6) is 11.5 Å². The van der Waals surface area contributed by atoms with Crippen LogP contribution in [-0.4, -0.2) is 58.5 Å². The van der Waals surface area contributed by atoms with Crippen LogP contribution in [0, 0.1) is 6.92 Å². The summed E-state index contributed by atoms with van der Waals surface area (Å²) in [5.41, 5.74) is 3.71. The van der Waals surface area contributed by atoms with Crippen molar-refractivity contribution in [3.63, 3.8) is 0 Å². The van der Waals surface area contributed by atoms with Gasteiger partial charge < -0.3 is 39.2 Å². The molecule has 0 fully saturated rings. The Bertz CT molecular complexity index is 2300. The number of fused-ring (bicyclic) bond motifs is 5. The van der Waals surface area contributed by atoms with Crippen molar-refractivity contribution < 1.29 is 42.2 Å². The first-order chi connectivity index (χ1) is 22.8. The van der Waals surface area contributed by atoms with Gasteiger partial charge in [-0.1, -0.05) is 0 Å². The van der Waals surface area contributed by atoms with Gasteiger partial charge >= 0.3 is 12.1 Å². The number of carbonyl (C=O) groups is 3. The Kier molecular flexibility index (Phi) is 7.31. The SMILES string of the molecule is COC(=O)c1c(C)[nH]c2c(O)cc3c(c12)[C@H](CCl)CN3C(=O)c1cc2cc(NC(=O)c3cc4cc(OC(C)(F)F)ccc4[nH]3)ccc2o1. The van der Waals surface area contributed by atoms with Crippen LogP contribution in [0.2, 0.25) is 0 Å². The van der Waals surface area contributed by atoms with E-state index < -0.39 is 23.9 Å². The van der Waals surface area contributed by atoms with Gasteiger partial charge in [0.25, 0.3) is 11.8 Å². The number of furan rings is 1. The first-order valence-electron chi connectivity index (χ1n) is 14.7. The molecule has 6 aromatic rings. The molecule has 0 saturated heterocycles. The van der Waals surface area contributed by atoms with Crippen molar-refractivity contribution in [3.05, 3.63) is 82.9 Å². The Morgan fingerprint density at radius 1 is 1.10 bits per heavy atom. The number of alkyl halides is 3. The van der Waals surface area contributed by atoms with E-state index in [0.29, 0.717) is 62.3 Å². The summed E-state index contributed by atoms with van der Waals surface area (Å²) in [5, 5.41) is 15.2. The summed E-state index contributed by atoms with van der Waals surface area (Å²) in [6, 6.07) is 13.7. The van der Waals surface area contributed by atoms with Crippen molar-refractivity contribution in [3.8, 4) is 11.5 Å². The highest BCUT2D eigenvalue weighted by atomic mass is 35.5. The molecule has 0 spiro atoms. The highest BCUT2D eigenvalue weighted by Crippen LogP contribution is 2.47. The summed E-state index contributed by atoms with van der Waals surface area (Å²) in [5.74, 6) is -1.93. The fourth-order valence-electron chi connectivity index (χ4n) is 6.28. The van der Waals surface area contributed by atoms with E-state index in [4.69, 9.17) is 20.8 Å². The number of phenols is 1. The van der Waals surface area contributed by atoms with Crippen LogP contribution < -0.4 is 15.0 Å². The predicted octanol–water partition coefficient (Wildman–Crippen LogP) is 7.42. The zero-order chi connectivity index (χ0) is 34.1. The first kappa shape index (κ1) is 31.1.